The molecule has 18 heavy (non-hydrogen) atoms. The van der Waals surface area contributed by atoms with Gasteiger partial charge in [-0.3, -0.25) is 0 Å². The van der Waals surface area contributed by atoms with Gasteiger partial charge in [-0.05, 0) is 24.0 Å². The van der Waals surface area contributed by atoms with Crippen LogP contribution in [0, 0.1) is 0 Å². The summed E-state index contributed by atoms with van der Waals surface area (Å²) in [4.78, 5) is 0. The highest BCUT2D eigenvalue weighted by Gasteiger charge is 2.13. The Morgan fingerprint density at radius 2 is 1.67 bits per heavy atom. The van der Waals surface area contributed by atoms with Gasteiger partial charge in [-0.25, -0.2) is 4.68 Å². The van der Waals surface area contributed by atoms with Gasteiger partial charge in [0.05, 0.1) is 12.2 Å². The number of benzene rings is 1. The fourth-order valence-electron chi connectivity index (χ4n) is 1.96. The van der Waals surface area contributed by atoms with Crippen LogP contribution in [0.25, 0.3) is 0 Å². The summed E-state index contributed by atoms with van der Waals surface area (Å²) in [7, 11) is 0. The van der Waals surface area contributed by atoms with Crippen LogP contribution in [0.5, 0.6) is 0 Å². The standard InChI is InChI=1S/C14H18ClN3/c1-9(2)11-4-6-12(7-5-11)10(3)18-14(16)13(15)8-17-18/h4-10H,16H2,1-3H3. The second-order valence-corrected chi connectivity index (χ2v) is 5.23. The molecule has 1 unspecified atom stereocenters. The number of nitrogen functional groups attached to an aromatic ring is 1. The van der Waals surface area contributed by atoms with Crippen LogP contribution in [0.1, 0.15) is 43.9 Å². The van der Waals surface area contributed by atoms with E-state index < -0.39 is 0 Å². The van der Waals surface area contributed by atoms with Gasteiger partial charge in [-0.1, -0.05) is 49.7 Å². The van der Waals surface area contributed by atoms with Crippen molar-refractivity contribution in [3.05, 3.63) is 46.6 Å². The topological polar surface area (TPSA) is 43.8 Å². The van der Waals surface area contributed by atoms with E-state index >= 15 is 0 Å². The average Bonchev–Trinajstić information content (AvgIpc) is 2.69. The van der Waals surface area contributed by atoms with E-state index in [9.17, 15) is 0 Å². The molecule has 2 N–H and O–H groups in total. The first-order valence-corrected chi connectivity index (χ1v) is 6.47. The first-order chi connectivity index (χ1) is 8.50. The first kappa shape index (κ1) is 13.0. The Kier molecular flexibility index (Phi) is 3.62. The molecular weight excluding hydrogens is 246 g/mol. The lowest BCUT2D eigenvalue weighted by Crippen LogP contribution is -2.11. The summed E-state index contributed by atoms with van der Waals surface area (Å²) in [5, 5.41) is 4.71. The minimum absolute atomic E-state index is 0.0821. The summed E-state index contributed by atoms with van der Waals surface area (Å²) < 4.78 is 1.74. The van der Waals surface area contributed by atoms with Crippen molar-refractivity contribution >= 4 is 17.4 Å². The van der Waals surface area contributed by atoms with Crippen molar-refractivity contribution in [2.24, 2.45) is 0 Å². The Hall–Kier alpha value is -1.48. The van der Waals surface area contributed by atoms with Crippen LogP contribution in [-0.2, 0) is 0 Å². The summed E-state index contributed by atoms with van der Waals surface area (Å²) in [5.41, 5.74) is 8.39. The summed E-state index contributed by atoms with van der Waals surface area (Å²) in [5.74, 6) is 1.05. The molecule has 0 spiro atoms. The maximum Gasteiger partial charge on any atom is 0.141 e. The van der Waals surface area contributed by atoms with Gasteiger partial charge in [-0.2, -0.15) is 5.10 Å². The predicted molar refractivity (Wildman–Crippen MR) is 76.0 cm³/mol. The van der Waals surface area contributed by atoms with E-state index in [1.54, 1.807) is 10.9 Å². The molecule has 2 aromatic rings. The van der Waals surface area contributed by atoms with Crippen molar-refractivity contribution in [1.82, 2.24) is 9.78 Å². The number of hydrogen-bond acceptors (Lipinski definition) is 2. The lowest BCUT2D eigenvalue weighted by molar-refractivity contribution is 0.573. The molecule has 0 radical (unpaired) electrons. The monoisotopic (exact) mass is 263 g/mol. The molecule has 4 heteroatoms. The van der Waals surface area contributed by atoms with Crippen LogP contribution >= 0.6 is 11.6 Å². The number of halogens is 1. The zero-order valence-corrected chi connectivity index (χ0v) is 11.6. The van der Waals surface area contributed by atoms with E-state index in [1.807, 2.05) is 0 Å². The molecule has 0 saturated carbocycles. The van der Waals surface area contributed by atoms with E-state index in [1.165, 1.54) is 11.1 Å². The number of rotatable bonds is 3. The second-order valence-electron chi connectivity index (χ2n) is 4.82. The normalized spacial score (nSPS) is 12.9. The molecule has 2 rings (SSSR count). The van der Waals surface area contributed by atoms with Crippen molar-refractivity contribution in [1.29, 1.82) is 0 Å². The molecule has 0 aliphatic carbocycles. The van der Waals surface area contributed by atoms with Gasteiger partial charge in [0.1, 0.15) is 10.8 Å². The lowest BCUT2D eigenvalue weighted by atomic mass is 10.00. The van der Waals surface area contributed by atoms with Gasteiger partial charge in [0.25, 0.3) is 0 Å². The second kappa shape index (κ2) is 5.02. The highest BCUT2D eigenvalue weighted by molar-refractivity contribution is 6.32. The first-order valence-electron chi connectivity index (χ1n) is 6.09. The molecule has 1 atom stereocenters. The van der Waals surface area contributed by atoms with Crippen molar-refractivity contribution in [2.45, 2.75) is 32.7 Å². The van der Waals surface area contributed by atoms with E-state index in [4.69, 9.17) is 17.3 Å². The molecule has 0 aliphatic heterocycles. The molecule has 3 nitrogen and oxygen atoms in total. The third-order valence-corrected chi connectivity index (χ3v) is 3.53. The Balaban J connectivity index is 2.29. The number of nitrogens with zero attached hydrogens (tertiary/aromatic N) is 2. The van der Waals surface area contributed by atoms with E-state index in [0.717, 1.165) is 0 Å². The van der Waals surface area contributed by atoms with Crippen LogP contribution in [0.3, 0.4) is 0 Å². The molecule has 0 fully saturated rings. The number of nitrogens with two attached hydrogens (primary N) is 1. The third kappa shape index (κ3) is 2.36. The van der Waals surface area contributed by atoms with Crippen molar-refractivity contribution in [3.8, 4) is 0 Å². The Labute approximate surface area is 113 Å². The molecule has 0 aliphatic rings. The Bertz CT molecular complexity index is 528. The van der Waals surface area contributed by atoms with Gasteiger partial charge >= 0.3 is 0 Å². The summed E-state index contributed by atoms with van der Waals surface area (Å²) in [6.45, 7) is 6.43. The lowest BCUT2D eigenvalue weighted by Gasteiger charge is -2.15. The van der Waals surface area contributed by atoms with Crippen LogP contribution in [-0.4, -0.2) is 9.78 Å². The van der Waals surface area contributed by atoms with Gasteiger partial charge in [0.2, 0.25) is 0 Å². The summed E-state index contributed by atoms with van der Waals surface area (Å²) in [6, 6.07) is 8.62. The number of anilines is 1. The SMILES string of the molecule is CC(C)c1ccc(C(C)n2ncc(Cl)c2N)cc1. The highest BCUT2D eigenvalue weighted by Crippen LogP contribution is 2.26. The van der Waals surface area contributed by atoms with Crippen molar-refractivity contribution < 1.29 is 0 Å². The number of aromatic nitrogens is 2. The summed E-state index contributed by atoms with van der Waals surface area (Å²) >= 11 is 5.92. The minimum Gasteiger partial charge on any atom is -0.383 e. The quantitative estimate of drug-likeness (QED) is 0.914. The van der Waals surface area contributed by atoms with Gasteiger partial charge < -0.3 is 5.73 Å². The summed E-state index contributed by atoms with van der Waals surface area (Å²) in [6.07, 6.45) is 1.58. The third-order valence-electron chi connectivity index (χ3n) is 3.24. The molecule has 1 heterocycles. The largest absolute Gasteiger partial charge is 0.383 e. The fourth-order valence-corrected chi connectivity index (χ4v) is 2.09. The van der Waals surface area contributed by atoms with Gasteiger partial charge in [0, 0.05) is 0 Å². The van der Waals surface area contributed by atoms with Crippen LogP contribution < -0.4 is 5.73 Å². The van der Waals surface area contributed by atoms with Crippen LogP contribution in [0.2, 0.25) is 5.02 Å². The number of hydrogen-bond donors (Lipinski definition) is 1. The Morgan fingerprint density at radius 1 is 1.11 bits per heavy atom. The van der Waals surface area contributed by atoms with Gasteiger partial charge in [-0.15, -0.1) is 0 Å². The zero-order chi connectivity index (χ0) is 13.3. The fraction of sp³-hybridized carbons (Fsp3) is 0.357. The van der Waals surface area contributed by atoms with E-state index in [2.05, 4.69) is 50.1 Å². The molecule has 1 aromatic carbocycles. The molecule has 0 saturated heterocycles. The van der Waals surface area contributed by atoms with Crippen LogP contribution in [0.4, 0.5) is 5.82 Å². The molecule has 96 valence electrons. The van der Waals surface area contributed by atoms with E-state index in [-0.39, 0.29) is 6.04 Å². The highest BCUT2D eigenvalue weighted by atomic mass is 35.5. The maximum atomic E-state index is 5.92. The molecule has 0 bridgehead atoms. The van der Waals surface area contributed by atoms with Crippen LogP contribution in [0.15, 0.2) is 30.5 Å². The van der Waals surface area contributed by atoms with Crippen molar-refractivity contribution in [2.75, 3.05) is 5.73 Å². The average molecular weight is 264 g/mol. The molecular formula is C14H18ClN3. The smallest absolute Gasteiger partial charge is 0.141 e. The minimum atomic E-state index is 0.0821. The Morgan fingerprint density at radius 3 is 2.11 bits per heavy atom. The molecule has 0 amide bonds. The maximum absolute atomic E-state index is 5.92. The zero-order valence-electron chi connectivity index (χ0n) is 10.9. The van der Waals surface area contributed by atoms with E-state index in [0.29, 0.717) is 16.8 Å². The predicted octanol–water partition coefficient (Wildman–Crippen LogP) is 3.85. The van der Waals surface area contributed by atoms with Gasteiger partial charge in [0.15, 0.2) is 0 Å². The van der Waals surface area contributed by atoms with Crippen molar-refractivity contribution in [3.63, 3.8) is 0 Å². The molecule has 1 aromatic heterocycles.